The Labute approximate surface area is 177 Å². The molecule has 29 heavy (non-hydrogen) atoms. The van der Waals surface area contributed by atoms with Crippen molar-refractivity contribution in [1.82, 2.24) is 9.80 Å². The van der Waals surface area contributed by atoms with Crippen molar-refractivity contribution in [3.8, 4) is 0 Å². The van der Waals surface area contributed by atoms with E-state index in [1.165, 1.54) is 0 Å². The molecule has 0 aromatic rings. The van der Waals surface area contributed by atoms with Crippen LogP contribution in [-0.2, 0) is 19.1 Å². The summed E-state index contributed by atoms with van der Waals surface area (Å²) in [5.41, 5.74) is 5.58. The van der Waals surface area contributed by atoms with Crippen molar-refractivity contribution >= 4 is 11.8 Å². The second kappa shape index (κ2) is 12.5. The quantitative estimate of drug-likeness (QED) is 0.530. The molecule has 6 atom stereocenters. The maximum absolute atomic E-state index is 13.3. The van der Waals surface area contributed by atoms with E-state index in [-0.39, 0.29) is 55.0 Å². The van der Waals surface area contributed by atoms with Crippen molar-refractivity contribution in [2.24, 2.45) is 17.6 Å². The SMILES string of the molecule is CCC(C)C(OC)C1CCCN1C(=O)CC(OC)C(C(C)CC)N(C)C(=O)CN. The van der Waals surface area contributed by atoms with Crippen LogP contribution in [0.15, 0.2) is 0 Å². The van der Waals surface area contributed by atoms with E-state index in [9.17, 15) is 9.59 Å². The second-order valence-corrected chi connectivity index (χ2v) is 8.45. The molecule has 0 aromatic heterocycles. The minimum absolute atomic E-state index is 0.0410. The van der Waals surface area contributed by atoms with Gasteiger partial charge in [-0.05, 0) is 24.7 Å². The van der Waals surface area contributed by atoms with Gasteiger partial charge in [-0.25, -0.2) is 0 Å². The van der Waals surface area contributed by atoms with E-state index in [4.69, 9.17) is 15.2 Å². The number of carbonyl (C=O) groups excluding carboxylic acids is 2. The summed E-state index contributed by atoms with van der Waals surface area (Å²) in [6, 6.07) is -0.0933. The van der Waals surface area contributed by atoms with Gasteiger partial charge < -0.3 is 25.0 Å². The summed E-state index contributed by atoms with van der Waals surface area (Å²) in [5, 5.41) is 0. The van der Waals surface area contributed by atoms with E-state index in [1.807, 2.05) is 4.90 Å². The lowest BCUT2D eigenvalue weighted by molar-refractivity contribution is -0.144. The largest absolute Gasteiger partial charge is 0.379 e. The van der Waals surface area contributed by atoms with E-state index >= 15 is 0 Å². The summed E-state index contributed by atoms with van der Waals surface area (Å²) in [6.07, 6.45) is 3.77. The van der Waals surface area contributed by atoms with Crippen molar-refractivity contribution in [1.29, 1.82) is 0 Å². The zero-order chi connectivity index (χ0) is 22.1. The van der Waals surface area contributed by atoms with Crippen LogP contribution in [0.1, 0.15) is 59.8 Å². The Morgan fingerprint density at radius 3 is 2.24 bits per heavy atom. The fourth-order valence-electron chi connectivity index (χ4n) is 4.63. The van der Waals surface area contributed by atoms with Crippen LogP contribution < -0.4 is 5.73 Å². The average Bonchev–Trinajstić information content (AvgIpc) is 3.21. The first kappa shape index (κ1) is 25.9. The summed E-state index contributed by atoms with van der Waals surface area (Å²) >= 11 is 0. The van der Waals surface area contributed by atoms with Gasteiger partial charge in [0.1, 0.15) is 0 Å². The third-order valence-electron chi connectivity index (χ3n) is 6.78. The van der Waals surface area contributed by atoms with Crippen molar-refractivity contribution < 1.29 is 19.1 Å². The van der Waals surface area contributed by atoms with Gasteiger partial charge in [0.15, 0.2) is 0 Å². The fourth-order valence-corrected chi connectivity index (χ4v) is 4.63. The second-order valence-electron chi connectivity index (χ2n) is 8.45. The monoisotopic (exact) mass is 413 g/mol. The predicted octanol–water partition coefficient (Wildman–Crippen LogP) is 2.28. The first-order chi connectivity index (χ1) is 13.8. The molecule has 1 aliphatic heterocycles. The highest BCUT2D eigenvalue weighted by atomic mass is 16.5. The standard InChI is InChI=1S/C22H43N3O4/c1-8-15(3)21(24(5)20(27)14-23)18(28-6)13-19(26)25-12-10-11-17(25)22(29-7)16(4)9-2/h15-18,21-22H,8-14,23H2,1-7H3. The highest BCUT2D eigenvalue weighted by molar-refractivity contribution is 5.79. The highest BCUT2D eigenvalue weighted by Crippen LogP contribution is 2.29. The van der Waals surface area contributed by atoms with Crippen LogP contribution in [0.5, 0.6) is 0 Å². The van der Waals surface area contributed by atoms with Gasteiger partial charge in [-0.2, -0.15) is 0 Å². The Kier molecular flexibility index (Phi) is 11.1. The van der Waals surface area contributed by atoms with Gasteiger partial charge in [-0.1, -0.05) is 40.5 Å². The van der Waals surface area contributed by atoms with Crippen LogP contribution in [0.25, 0.3) is 0 Å². The van der Waals surface area contributed by atoms with Gasteiger partial charge in [0, 0.05) is 27.8 Å². The molecular weight excluding hydrogens is 370 g/mol. The lowest BCUT2D eigenvalue weighted by atomic mass is 9.90. The molecule has 6 unspecified atom stereocenters. The molecule has 1 aliphatic rings. The van der Waals surface area contributed by atoms with Crippen LogP contribution in [0, 0.1) is 11.8 Å². The summed E-state index contributed by atoms with van der Waals surface area (Å²) in [7, 11) is 5.11. The van der Waals surface area contributed by atoms with E-state index < -0.39 is 0 Å². The number of nitrogens with two attached hydrogens (primary N) is 1. The number of hydrogen-bond acceptors (Lipinski definition) is 5. The minimum atomic E-state index is -0.371. The minimum Gasteiger partial charge on any atom is -0.379 e. The molecule has 0 saturated carbocycles. The molecule has 170 valence electrons. The summed E-state index contributed by atoms with van der Waals surface area (Å²) < 4.78 is 11.6. The van der Waals surface area contributed by atoms with E-state index in [1.54, 1.807) is 26.2 Å². The molecule has 2 N–H and O–H groups in total. The van der Waals surface area contributed by atoms with E-state index in [2.05, 4.69) is 27.7 Å². The molecule has 1 rings (SSSR count). The molecule has 1 fully saturated rings. The van der Waals surface area contributed by atoms with Crippen molar-refractivity contribution in [3.05, 3.63) is 0 Å². The number of hydrogen-bond donors (Lipinski definition) is 1. The molecule has 1 saturated heterocycles. The molecule has 0 bridgehead atoms. The van der Waals surface area contributed by atoms with Gasteiger partial charge >= 0.3 is 0 Å². The predicted molar refractivity (Wildman–Crippen MR) is 115 cm³/mol. The summed E-state index contributed by atoms with van der Waals surface area (Å²) in [4.78, 5) is 29.2. The normalized spacial score (nSPS) is 22.1. The number of nitrogens with zero attached hydrogens (tertiary/aromatic N) is 2. The van der Waals surface area contributed by atoms with Crippen molar-refractivity contribution in [2.75, 3.05) is 34.4 Å². The number of ether oxygens (including phenoxy) is 2. The van der Waals surface area contributed by atoms with Gasteiger partial charge in [-0.15, -0.1) is 0 Å². The van der Waals surface area contributed by atoms with Crippen molar-refractivity contribution in [2.45, 2.75) is 84.1 Å². The lowest BCUT2D eigenvalue weighted by Crippen LogP contribution is -2.53. The fraction of sp³-hybridized carbons (Fsp3) is 0.909. The Bertz CT molecular complexity index is 516. The van der Waals surface area contributed by atoms with Crippen LogP contribution >= 0.6 is 0 Å². The highest BCUT2D eigenvalue weighted by Gasteiger charge is 2.40. The van der Waals surface area contributed by atoms with E-state index in [0.717, 1.165) is 32.2 Å². The average molecular weight is 414 g/mol. The maximum Gasteiger partial charge on any atom is 0.236 e. The van der Waals surface area contributed by atoms with Gasteiger partial charge in [0.05, 0.1) is 37.3 Å². The number of rotatable bonds is 12. The molecule has 0 aromatic carbocycles. The summed E-state index contributed by atoms with van der Waals surface area (Å²) in [5.74, 6) is 0.513. The Hall–Kier alpha value is -1.18. The van der Waals surface area contributed by atoms with E-state index in [0.29, 0.717) is 5.92 Å². The molecule has 2 amide bonds. The summed E-state index contributed by atoms with van der Waals surface area (Å²) in [6.45, 7) is 9.20. The van der Waals surface area contributed by atoms with Crippen molar-refractivity contribution in [3.63, 3.8) is 0 Å². The van der Waals surface area contributed by atoms with Crippen LogP contribution in [0.2, 0.25) is 0 Å². The Balaban J connectivity index is 3.00. The molecular formula is C22H43N3O4. The smallest absolute Gasteiger partial charge is 0.236 e. The van der Waals surface area contributed by atoms with Crippen LogP contribution in [0.3, 0.4) is 0 Å². The number of carbonyl (C=O) groups is 2. The maximum atomic E-state index is 13.3. The van der Waals surface area contributed by atoms with Crippen LogP contribution in [-0.4, -0.2) is 80.3 Å². The molecule has 0 radical (unpaired) electrons. The molecule has 0 aliphatic carbocycles. The number of likely N-dealkylation sites (tertiary alicyclic amines) is 1. The first-order valence-corrected chi connectivity index (χ1v) is 11.1. The van der Waals surface area contributed by atoms with Crippen LogP contribution in [0.4, 0.5) is 0 Å². The third-order valence-corrected chi connectivity index (χ3v) is 6.78. The van der Waals surface area contributed by atoms with Gasteiger partial charge in [0.2, 0.25) is 11.8 Å². The third kappa shape index (κ3) is 6.40. The zero-order valence-electron chi connectivity index (χ0n) is 19.5. The topological polar surface area (TPSA) is 85.1 Å². The first-order valence-electron chi connectivity index (χ1n) is 11.1. The molecule has 7 nitrogen and oxygen atoms in total. The number of amides is 2. The Morgan fingerprint density at radius 2 is 1.76 bits per heavy atom. The van der Waals surface area contributed by atoms with Gasteiger partial charge in [0.25, 0.3) is 0 Å². The Morgan fingerprint density at radius 1 is 1.14 bits per heavy atom. The molecule has 0 spiro atoms. The zero-order valence-corrected chi connectivity index (χ0v) is 19.5. The van der Waals surface area contributed by atoms with Gasteiger partial charge in [-0.3, -0.25) is 9.59 Å². The number of methoxy groups -OCH3 is 2. The lowest BCUT2D eigenvalue weighted by Gasteiger charge is -2.39. The number of likely N-dealkylation sites (N-methyl/N-ethyl adjacent to an activating group) is 1. The molecule has 7 heteroatoms. The molecule has 1 heterocycles.